The molecule has 3 heterocycles. The van der Waals surface area contributed by atoms with E-state index in [1.165, 1.54) is 6.26 Å². The number of aromatic amines is 1. The summed E-state index contributed by atoms with van der Waals surface area (Å²) in [5.41, 5.74) is 2.75. The number of nitrogens with zero attached hydrogens (tertiary/aromatic N) is 2. The number of nitrogens with one attached hydrogen (secondary N) is 2. The van der Waals surface area contributed by atoms with Crippen molar-refractivity contribution < 1.29 is 14.0 Å². The van der Waals surface area contributed by atoms with Gasteiger partial charge in [0.1, 0.15) is 5.76 Å². The molecule has 0 aromatic carbocycles. The van der Waals surface area contributed by atoms with E-state index in [0.29, 0.717) is 36.5 Å². The first-order valence-electron chi connectivity index (χ1n) is 7.84. The molecule has 2 amide bonds. The van der Waals surface area contributed by atoms with Crippen molar-refractivity contribution in [1.29, 1.82) is 0 Å². The van der Waals surface area contributed by atoms with Crippen molar-refractivity contribution in [2.24, 2.45) is 0 Å². The fraction of sp³-hybridized carbons (Fsp3) is 0.438. The lowest BCUT2D eigenvalue weighted by Gasteiger charge is -2.27. The lowest BCUT2D eigenvalue weighted by atomic mass is 10.0. The number of amides is 2. The first-order chi connectivity index (χ1) is 11.1. The number of rotatable bonds is 3. The SMILES string of the molecule is Cc1occc1C(=O)N1CCc2[nH]nc(C(=O)NC3CC3)c2C1. The third-order valence-corrected chi connectivity index (χ3v) is 4.44. The lowest BCUT2D eigenvalue weighted by molar-refractivity contribution is 0.0729. The molecule has 7 heteroatoms. The van der Waals surface area contributed by atoms with Crippen molar-refractivity contribution in [3.8, 4) is 0 Å². The second-order valence-electron chi connectivity index (χ2n) is 6.14. The Morgan fingerprint density at radius 3 is 2.96 bits per heavy atom. The quantitative estimate of drug-likeness (QED) is 0.896. The van der Waals surface area contributed by atoms with Crippen LogP contribution in [0.15, 0.2) is 16.7 Å². The van der Waals surface area contributed by atoms with Crippen molar-refractivity contribution in [2.75, 3.05) is 6.54 Å². The predicted molar refractivity (Wildman–Crippen MR) is 81.0 cm³/mol. The summed E-state index contributed by atoms with van der Waals surface area (Å²) in [6.45, 7) is 2.76. The Hall–Kier alpha value is -2.57. The summed E-state index contributed by atoms with van der Waals surface area (Å²) in [5.74, 6) is 0.384. The van der Waals surface area contributed by atoms with E-state index in [9.17, 15) is 9.59 Å². The molecule has 1 saturated carbocycles. The van der Waals surface area contributed by atoms with Crippen LogP contribution in [0.25, 0.3) is 0 Å². The lowest BCUT2D eigenvalue weighted by Crippen LogP contribution is -2.37. The smallest absolute Gasteiger partial charge is 0.272 e. The molecule has 2 N–H and O–H groups in total. The molecular formula is C16H18N4O3. The second kappa shape index (κ2) is 5.26. The highest BCUT2D eigenvalue weighted by molar-refractivity contribution is 5.96. The Labute approximate surface area is 133 Å². The zero-order valence-corrected chi connectivity index (χ0v) is 12.9. The number of aryl methyl sites for hydroxylation is 1. The molecule has 1 aliphatic carbocycles. The first-order valence-corrected chi connectivity index (χ1v) is 7.84. The molecule has 2 aromatic rings. The van der Waals surface area contributed by atoms with E-state index in [4.69, 9.17) is 4.42 Å². The van der Waals surface area contributed by atoms with Crippen LogP contribution in [0.1, 0.15) is 50.7 Å². The monoisotopic (exact) mass is 314 g/mol. The molecule has 2 aliphatic rings. The van der Waals surface area contributed by atoms with Crippen LogP contribution in [0.4, 0.5) is 0 Å². The summed E-state index contributed by atoms with van der Waals surface area (Å²) in [4.78, 5) is 26.6. The van der Waals surface area contributed by atoms with Crippen molar-refractivity contribution in [1.82, 2.24) is 20.4 Å². The normalized spacial score (nSPS) is 17.0. The maximum atomic E-state index is 12.6. The van der Waals surface area contributed by atoms with Gasteiger partial charge in [-0.05, 0) is 25.8 Å². The van der Waals surface area contributed by atoms with Gasteiger partial charge in [-0.2, -0.15) is 5.10 Å². The molecule has 0 spiro atoms. The van der Waals surface area contributed by atoms with Gasteiger partial charge in [0.15, 0.2) is 5.69 Å². The highest BCUT2D eigenvalue weighted by atomic mass is 16.3. The second-order valence-corrected chi connectivity index (χ2v) is 6.14. The molecule has 1 aliphatic heterocycles. The maximum absolute atomic E-state index is 12.6. The summed E-state index contributed by atoms with van der Waals surface area (Å²) in [7, 11) is 0. The van der Waals surface area contributed by atoms with Gasteiger partial charge in [0, 0.05) is 30.3 Å². The van der Waals surface area contributed by atoms with Gasteiger partial charge in [-0.3, -0.25) is 14.7 Å². The van der Waals surface area contributed by atoms with Gasteiger partial charge in [-0.1, -0.05) is 0 Å². The van der Waals surface area contributed by atoms with E-state index in [2.05, 4.69) is 15.5 Å². The van der Waals surface area contributed by atoms with Gasteiger partial charge < -0.3 is 14.6 Å². The molecule has 0 atom stereocenters. The van der Waals surface area contributed by atoms with E-state index in [-0.39, 0.29) is 17.9 Å². The Bertz CT molecular complexity index is 772. The van der Waals surface area contributed by atoms with Gasteiger partial charge in [0.05, 0.1) is 18.4 Å². The fourth-order valence-corrected chi connectivity index (χ4v) is 2.91. The van der Waals surface area contributed by atoms with Crippen LogP contribution in [0, 0.1) is 6.92 Å². The Kier molecular flexibility index (Phi) is 3.21. The summed E-state index contributed by atoms with van der Waals surface area (Å²) in [5, 5.41) is 10.0. The molecule has 1 fully saturated rings. The van der Waals surface area contributed by atoms with Crippen LogP contribution in [-0.2, 0) is 13.0 Å². The van der Waals surface area contributed by atoms with Crippen LogP contribution in [0.3, 0.4) is 0 Å². The molecule has 0 radical (unpaired) electrons. The van der Waals surface area contributed by atoms with Crippen molar-refractivity contribution in [3.63, 3.8) is 0 Å². The minimum Gasteiger partial charge on any atom is -0.469 e. The highest BCUT2D eigenvalue weighted by Crippen LogP contribution is 2.24. The van der Waals surface area contributed by atoms with Gasteiger partial charge in [0.2, 0.25) is 0 Å². The number of hydrogen-bond donors (Lipinski definition) is 2. The van der Waals surface area contributed by atoms with Crippen LogP contribution in [-0.4, -0.2) is 39.5 Å². The fourth-order valence-electron chi connectivity index (χ4n) is 2.91. The number of carbonyl (C=O) groups excluding carboxylic acids is 2. The average Bonchev–Trinajstić information content (AvgIpc) is 3.09. The molecular weight excluding hydrogens is 296 g/mol. The van der Waals surface area contributed by atoms with Crippen LogP contribution in [0.5, 0.6) is 0 Å². The first kappa shape index (κ1) is 14.0. The van der Waals surface area contributed by atoms with Gasteiger partial charge >= 0.3 is 0 Å². The Balaban J connectivity index is 1.56. The van der Waals surface area contributed by atoms with Crippen molar-refractivity contribution >= 4 is 11.8 Å². The summed E-state index contributed by atoms with van der Waals surface area (Å²) in [6, 6.07) is 1.97. The molecule has 0 bridgehead atoms. The molecule has 0 saturated heterocycles. The summed E-state index contributed by atoms with van der Waals surface area (Å²) in [6.07, 6.45) is 4.25. The highest BCUT2D eigenvalue weighted by Gasteiger charge is 2.31. The minimum atomic E-state index is -0.154. The van der Waals surface area contributed by atoms with Gasteiger partial charge in [-0.25, -0.2) is 0 Å². The third kappa shape index (κ3) is 2.52. The molecule has 4 rings (SSSR count). The van der Waals surface area contributed by atoms with Crippen LogP contribution >= 0.6 is 0 Å². The molecule has 7 nitrogen and oxygen atoms in total. The van der Waals surface area contributed by atoms with Crippen molar-refractivity contribution in [2.45, 2.75) is 38.8 Å². The number of hydrogen-bond acceptors (Lipinski definition) is 4. The predicted octanol–water partition coefficient (Wildman–Crippen LogP) is 1.40. The standard InChI is InChI=1S/C16H18N4O3/c1-9-11(5-7-23-9)16(22)20-6-4-13-12(8-20)14(19-18-13)15(21)17-10-2-3-10/h5,7,10H,2-4,6,8H2,1H3,(H,17,21)(H,18,19). The van der Waals surface area contributed by atoms with Crippen LogP contribution < -0.4 is 5.32 Å². The zero-order valence-electron chi connectivity index (χ0n) is 12.9. The summed E-state index contributed by atoms with van der Waals surface area (Å²) >= 11 is 0. The van der Waals surface area contributed by atoms with E-state index < -0.39 is 0 Å². The van der Waals surface area contributed by atoms with E-state index >= 15 is 0 Å². The Morgan fingerprint density at radius 1 is 1.43 bits per heavy atom. The number of aromatic nitrogens is 2. The van der Waals surface area contributed by atoms with Crippen LogP contribution in [0.2, 0.25) is 0 Å². The third-order valence-electron chi connectivity index (χ3n) is 4.44. The largest absolute Gasteiger partial charge is 0.469 e. The van der Waals surface area contributed by atoms with E-state index in [0.717, 1.165) is 24.1 Å². The number of fused-ring (bicyclic) bond motifs is 1. The average molecular weight is 314 g/mol. The molecule has 0 unspecified atom stereocenters. The van der Waals surface area contributed by atoms with Crippen molar-refractivity contribution in [3.05, 3.63) is 40.6 Å². The van der Waals surface area contributed by atoms with E-state index in [1.54, 1.807) is 17.9 Å². The zero-order chi connectivity index (χ0) is 16.0. The maximum Gasteiger partial charge on any atom is 0.272 e. The number of furan rings is 1. The minimum absolute atomic E-state index is 0.0725. The molecule has 120 valence electrons. The number of H-pyrrole nitrogens is 1. The summed E-state index contributed by atoms with van der Waals surface area (Å²) < 4.78 is 5.21. The topological polar surface area (TPSA) is 91.2 Å². The van der Waals surface area contributed by atoms with Gasteiger partial charge in [0.25, 0.3) is 11.8 Å². The molecule has 23 heavy (non-hydrogen) atoms. The van der Waals surface area contributed by atoms with Gasteiger partial charge in [-0.15, -0.1) is 0 Å². The van der Waals surface area contributed by atoms with E-state index in [1.807, 2.05) is 0 Å². The number of carbonyl (C=O) groups is 2. The molecule has 2 aromatic heterocycles. The Morgan fingerprint density at radius 2 is 2.26 bits per heavy atom.